The molecule has 1 amide bonds. The van der Waals surface area contributed by atoms with E-state index >= 15 is 0 Å². The Bertz CT molecular complexity index is 1590. The van der Waals surface area contributed by atoms with Gasteiger partial charge in [0.15, 0.2) is 5.65 Å². The summed E-state index contributed by atoms with van der Waals surface area (Å²) in [5, 5.41) is 17.1. The second kappa shape index (κ2) is 11.7. The first-order valence-corrected chi connectivity index (χ1v) is 13.8. The fourth-order valence-electron chi connectivity index (χ4n) is 3.95. The van der Waals surface area contributed by atoms with E-state index in [1.807, 2.05) is 72.8 Å². The summed E-state index contributed by atoms with van der Waals surface area (Å²) in [6.07, 6.45) is 3.66. The van der Waals surface area contributed by atoms with Gasteiger partial charge in [-0.1, -0.05) is 41.0 Å². The Balaban J connectivity index is 1.50. The summed E-state index contributed by atoms with van der Waals surface area (Å²) in [6, 6.07) is 26.1. The van der Waals surface area contributed by atoms with Crippen LogP contribution in [0, 0.1) is 0 Å². The van der Waals surface area contributed by atoms with Crippen molar-refractivity contribution in [2.45, 2.75) is 29.6 Å². The lowest BCUT2D eigenvalue weighted by Gasteiger charge is -2.15. The van der Waals surface area contributed by atoms with Gasteiger partial charge < -0.3 is 15.7 Å². The van der Waals surface area contributed by atoms with Gasteiger partial charge in [-0.15, -0.1) is 0 Å². The van der Waals surface area contributed by atoms with Crippen molar-refractivity contribution >= 4 is 61.7 Å². The van der Waals surface area contributed by atoms with E-state index in [0.29, 0.717) is 16.9 Å². The number of halogens is 1. The molecule has 2 aromatic heterocycles. The van der Waals surface area contributed by atoms with Gasteiger partial charge in [-0.3, -0.25) is 4.79 Å². The van der Waals surface area contributed by atoms with E-state index in [-0.39, 0.29) is 11.7 Å². The highest BCUT2D eigenvalue weighted by Gasteiger charge is 2.14. The first kappa shape index (κ1) is 25.8. The third-order valence-corrected chi connectivity index (χ3v) is 7.46. The number of aromatic hydroxyl groups is 1. The number of carbonyl (C=O) groups is 1. The van der Waals surface area contributed by atoms with Gasteiger partial charge in [-0.05, 0) is 91.3 Å². The average molecular weight is 586 g/mol. The topological polar surface area (TPSA) is 87.1 Å². The minimum atomic E-state index is -0.206. The number of benzene rings is 3. The second-order valence-electron chi connectivity index (χ2n) is 8.68. The smallest absolute Gasteiger partial charge is 0.255 e. The van der Waals surface area contributed by atoms with Crippen molar-refractivity contribution < 1.29 is 9.90 Å². The zero-order valence-electron chi connectivity index (χ0n) is 20.6. The first-order chi connectivity index (χ1) is 18.5. The van der Waals surface area contributed by atoms with E-state index < -0.39 is 0 Å². The molecule has 6 nitrogen and oxygen atoms in total. The monoisotopic (exact) mass is 584 g/mol. The van der Waals surface area contributed by atoms with E-state index in [1.54, 1.807) is 30.1 Å². The van der Waals surface area contributed by atoms with Crippen LogP contribution in [0.15, 0.2) is 105 Å². The number of aromatic nitrogens is 2. The van der Waals surface area contributed by atoms with Gasteiger partial charge in [0.1, 0.15) is 5.75 Å². The van der Waals surface area contributed by atoms with Gasteiger partial charge >= 0.3 is 0 Å². The van der Waals surface area contributed by atoms with Gasteiger partial charge in [0.2, 0.25) is 0 Å². The highest BCUT2D eigenvalue weighted by Crippen LogP contribution is 2.37. The maximum absolute atomic E-state index is 13.1. The minimum absolute atomic E-state index is 0.206. The molecule has 8 heteroatoms. The van der Waals surface area contributed by atoms with Crippen molar-refractivity contribution in [1.82, 2.24) is 9.97 Å². The van der Waals surface area contributed by atoms with Crippen molar-refractivity contribution in [2.24, 2.45) is 0 Å². The van der Waals surface area contributed by atoms with Gasteiger partial charge in [-0.25, -0.2) is 9.97 Å². The van der Waals surface area contributed by atoms with Crippen LogP contribution in [0.5, 0.6) is 5.75 Å². The van der Waals surface area contributed by atoms with Crippen LogP contribution >= 0.6 is 27.7 Å². The van der Waals surface area contributed by atoms with Crippen LogP contribution < -0.4 is 10.6 Å². The van der Waals surface area contributed by atoms with E-state index in [2.05, 4.69) is 38.5 Å². The SMILES string of the molecule is CCCc1ccc2c(Nc3cc(C(=O)Nc4ccc(Br)cc4)ccc3Sc3ccc(O)cc3)ccnc2n1. The predicted octanol–water partition coefficient (Wildman–Crippen LogP) is 8.20. The molecule has 5 aromatic rings. The summed E-state index contributed by atoms with van der Waals surface area (Å²) < 4.78 is 0.943. The molecule has 3 N–H and O–H groups in total. The predicted molar refractivity (Wildman–Crippen MR) is 158 cm³/mol. The van der Waals surface area contributed by atoms with Crippen LogP contribution in [0.3, 0.4) is 0 Å². The lowest BCUT2D eigenvalue weighted by molar-refractivity contribution is 0.102. The Labute approximate surface area is 233 Å². The van der Waals surface area contributed by atoms with Gasteiger partial charge in [0, 0.05) is 42.8 Å². The molecule has 2 heterocycles. The number of rotatable bonds is 8. The molecule has 0 spiro atoms. The van der Waals surface area contributed by atoms with Gasteiger partial charge in [0.25, 0.3) is 5.91 Å². The maximum Gasteiger partial charge on any atom is 0.255 e. The van der Waals surface area contributed by atoms with Crippen LogP contribution in [-0.2, 0) is 6.42 Å². The summed E-state index contributed by atoms with van der Waals surface area (Å²) in [4.78, 5) is 24.2. The summed E-state index contributed by atoms with van der Waals surface area (Å²) in [5.41, 5.74) is 4.55. The molecule has 0 aliphatic rings. The number of anilines is 3. The molecule has 0 unspecified atom stereocenters. The molecule has 0 saturated carbocycles. The zero-order valence-corrected chi connectivity index (χ0v) is 23.0. The zero-order chi connectivity index (χ0) is 26.5. The molecule has 190 valence electrons. The number of phenols is 1. The van der Waals surface area contributed by atoms with E-state index in [1.165, 1.54) is 0 Å². The number of phenolic OH excluding ortho intramolecular Hbond substituents is 1. The van der Waals surface area contributed by atoms with Crippen LogP contribution in [-0.4, -0.2) is 21.0 Å². The fraction of sp³-hybridized carbons (Fsp3) is 0.100. The number of carbonyl (C=O) groups excluding carboxylic acids is 1. The summed E-state index contributed by atoms with van der Waals surface area (Å²) >= 11 is 4.96. The molecular formula is C30H25BrN4O2S. The highest BCUT2D eigenvalue weighted by atomic mass is 79.9. The largest absolute Gasteiger partial charge is 0.508 e. The number of fused-ring (bicyclic) bond motifs is 1. The molecule has 38 heavy (non-hydrogen) atoms. The lowest BCUT2D eigenvalue weighted by atomic mass is 10.1. The number of aryl methyl sites for hydroxylation is 1. The Hall–Kier alpha value is -3.88. The van der Waals surface area contributed by atoms with Gasteiger partial charge in [-0.2, -0.15) is 0 Å². The molecule has 3 aromatic carbocycles. The summed E-state index contributed by atoms with van der Waals surface area (Å²) in [7, 11) is 0. The Morgan fingerprint density at radius 2 is 1.74 bits per heavy atom. The van der Waals surface area contributed by atoms with Crippen molar-refractivity contribution in [2.75, 3.05) is 10.6 Å². The minimum Gasteiger partial charge on any atom is -0.508 e. The van der Waals surface area contributed by atoms with Crippen molar-refractivity contribution in [3.05, 3.63) is 107 Å². The van der Waals surface area contributed by atoms with Crippen molar-refractivity contribution in [3.63, 3.8) is 0 Å². The molecule has 0 aliphatic heterocycles. The summed E-state index contributed by atoms with van der Waals surface area (Å²) in [5.74, 6) is 0.00729. The standard InChI is InChI=1S/C30H25BrN4O2S/c1-2-3-21-9-14-25-26(16-17-32-29(25)33-21)35-27-18-19(30(37)34-22-7-5-20(31)6-8-22)4-15-28(27)38-24-12-10-23(36)11-13-24/h4-18,36H,2-3H2,1H3,(H,34,37)(H,32,33,35). The van der Waals surface area contributed by atoms with Crippen molar-refractivity contribution in [1.29, 1.82) is 0 Å². The maximum atomic E-state index is 13.1. The fourth-order valence-corrected chi connectivity index (χ4v) is 5.10. The van der Waals surface area contributed by atoms with E-state index in [0.717, 1.165) is 49.6 Å². The molecule has 0 fully saturated rings. The Morgan fingerprint density at radius 1 is 0.947 bits per heavy atom. The van der Waals surface area contributed by atoms with Crippen LogP contribution in [0.25, 0.3) is 11.0 Å². The quantitative estimate of drug-likeness (QED) is 0.170. The van der Waals surface area contributed by atoms with Crippen LogP contribution in [0.1, 0.15) is 29.4 Å². The number of pyridine rings is 2. The normalized spacial score (nSPS) is 10.9. The second-order valence-corrected chi connectivity index (χ2v) is 10.7. The number of hydrogen-bond acceptors (Lipinski definition) is 6. The van der Waals surface area contributed by atoms with Crippen molar-refractivity contribution in [3.8, 4) is 5.75 Å². The number of hydrogen-bond donors (Lipinski definition) is 3. The number of nitrogens with one attached hydrogen (secondary N) is 2. The Morgan fingerprint density at radius 3 is 2.50 bits per heavy atom. The van der Waals surface area contributed by atoms with E-state index in [4.69, 9.17) is 4.98 Å². The molecule has 0 bridgehead atoms. The number of nitrogens with zero attached hydrogens (tertiary/aromatic N) is 2. The lowest BCUT2D eigenvalue weighted by Crippen LogP contribution is -2.12. The molecule has 0 aliphatic carbocycles. The molecule has 0 saturated heterocycles. The van der Waals surface area contributed by atoms with Crippen LogP contribution in [0.2, 0.25) is 0 Å². The average Bonchev–Trinajstić information content (AvgIpc) is 2.92. The Kier molecular flexibility index (Phi) is 7.91. The highest BCUT2D eigenvalue weighted by molar-refractivity contribution is 9.10. The molecule has 5 rings (SSSR count). The van der Waals surface area contributed by atoms with Gasteiger partial charge in [0.05, 0.1) is 11.4 Å². The molecule has 0 radical (unpaired) electrons. The molecule has 0 atom stereocenters. The third-order valence-electron chi connectivity index (χ3n) is 5.84. The number of amides is 1. The first-order valence-electron chi connectivity index (χ1n) is 12.2. The van der Waals surface area contributed by atoms with Crippen LogP contribution in [0.4, 0.5) is 17.1 Å². The molecular weight excluding hydrogens is 560 g/mol. The third kappa shape index (κ3) is 6.15. The van der Waals surface area contributed by atoms with E-state index in [9.17, 15) is 9.90 Å². The summed E-state index contributed by atoms with van der Waals surface area (Å²) in [6.45, 7) is 2.13.